The largest absolute Gasteiger partial charge is 0.496 e. The van der Waals surface area contributed by atoms with Crippen molar-refractivity contribution < 1.29 is 4.74 Å². The lowest BCUT2D eigenvalue weighted by Crippen LogP contribution is -2.39. The Kier molecular flexibility index (Phi) is 6.66. The number of ether oxygens (including phenoxy) is 1. The quantitative estimate of drug-likeness (QED) is 0.612. The summed E-state index contributed by atoms with van der Waals surface area (Å²) in [6.07, 6.45) is 0.849. The van der Waals surface area contributed by atoms with Crippen molar-refractivity contribution in [3.05, 3.63) is 28.2 Å². The molecule has 19 heavy (non-hydrogen) atoms. The lowest BCUT2D eigenvalue weighted by Gasteiger charge is -2.23. The third-order valence-corrected chi connectivity index (χ3v) is 4.59. The molecule has 1 atom stereocenters. The lowest BCUT2D eigenvalue weighted by molar-refractivity contribution is 0.406. The van der Waals surface area contributed by atoms with Crippen molar-refractivity contribution in [2.24, 2.45) is 5.84 Å². The van der Waals surface area contributed by atoms with Crippen molar-refractivity contribution in [3.63, 3.8) is 0 Å². The Morgan fingerprint density at radius 1 is 1.42 bits per heavy atom. The number of rotatable bonds is 6. The zero-order valence-corrected chi connectivity index (χ0v) is 14.4. The fourth-order valence-corrected chi connectivity index (χ4v) is 3.01. The number of methoxy groups -OCH3 is 1. The van der Waals surface area contributed by atoms with E-state index in [4.69, 9.17) is 10.6 Å². The first-order valence-corrected chi connectivity index (χ1v) is 8.06. The molecule has 3 nitrogen and oxygen atoms in total. The Balaban J connectivity index is 2.72. The van der Waals surface area contributed by atoms with E-state index < -0.39 is 0 Å². The van der Waals surface area contributed by atoms with Crippen molar-refractivity contribution >= 4 is 27.7 Å². The monoisotopic (exact) mass is 346 g/mol. The first-order valence-electron chi connectivity index (χ1n) is 6.28. The summed E-state index contributed by atoms with van der Waals surface area (Å²) in [6.45, 7) is 6.64. The highest BCUT2D eigenvalue weighted by Crippen LogP contribution is 2.27. The number of benzene rings is 1. The number of hydrogen-bond donors (Lipinski definition) is 2. The van der Waals surface area contributed by atoms with E-state index in [2.05, 4.69) is 48.2 Å². The van der Waals surface area contributed by atoms with Crippen LogP contribution in [0.4, 0.5) is 0 Å². The van der Waals surface area contributed by atoms with Crippen LogP contribution in [0.5, 0.6) is 5.75 Å². The second kappa shape index (κ2) is 7.53. The van der Waals surface area contributed by atoms with E-state index in [1.807, 2.05) is 23.9 Å². The number of nitrogens with one attached hydrogen (secondary N) is 1. The van der Waals surface area contributed by atoms with Gasteiger partial charge < -0.3 is 4.74 Å². The second-order valence-corrected chi connectivity index (χ2v) is 8.21. The molecule has 5 heteroatoms. The predicted octanol–water partition coefficient (Wildman–Crippen LogP) is 3.36. The van der Waals surface area contributed by atoms with Gasteiger partial charge in [0.2, 0.25) is 0 Å². The normalized spacial score (nSPS) is 13.4. The Hall–Kier alpha value is -0.230. The van der Waals surface area contributed by atoms with Crippen LogP contribution in [0.15, 0.2) is 22.7 Å². The average molecular weight is 347 g/mol. The minimum absolute atomic E-state index is 0.229. The molecule has 0 fully saturated rings. The van der Waals surface area contributed by atoms with E-state index in [9.17, 15) is 0 Å². The molecule has 1 aromatic carbocycles. The van der Waals surface area contributed by atoms with Gasteiger partial charge in [-0.25, -0.2) is 0 Å². The van der Waals surface area contributed by atoms with E-state index in [-0.39, 0.29) is 10.8 Å². The SMILES string of the molecule is COc1ccc(Br)cc1CC(CSC(C)(C)C)NN. The van der Waals surface area contributed by atoms with Crippen LogP contribution in [0.25, 0.3) is 0 Å². The van der Waals surface area contributed by atoms with Gasteiger partial charge in [-0.15, -0.1) is 0 Å². The summed E-state index contributed by atoms with van der Waals surface area (Å²) in [4.78, 5) is 0. The first-order chi connectivity index (χ1) is 8.85. The molecule has 0 heterocycles. The molecule has 108 valence electrons. The summed E-state index contributed by atoms with van der Waals surface area (Å²) < 4.78 is 6.70. The van der Waals surface area contributed by atoms with Gasteiger partial charge in [-0.2, -0.15) is 11.8 Å². The van der Waals surface area contributed by atoms with Gasteiger partial charge in [0.15, 0.2) is 0 Å². The molecule has 3 N–H and O–H groups in total. The Morgan fingerprint density at radius 2 is 2.11 bits per heavy atom. The summed E-state index contributed by atoms with van der Waals surface area (Å²) >= 11 is 5.40. The zero-order chi connectivity index (χ0) is 14.5. The van der Waals surface area contributed by atoms with E-state index in [0.717, 1.165) is 28.0 Å². The zero-order valence-electron chi connectivity index (χ0n) is 12.0. The highest BCUT2D eigenvalue weighted by atomic mass is 79.9. The van der Waals surface area contributed by atoms with Crippen molar-refractivity contribution in [1.82, 2.24) is 5.43 Å². The van der Waals surface area contributed by atoms with E-state index >= 15 is 0 Å². The maximum atomic E-state index is 5.66. The molecule has 0 saturated heterocycles. The number of hydrazine groups is 1. The van der Waals surface area contributed by atoms with Crippen LogP contribution in [0.1, 0.15) is 26.3 Å². The van der Waals surface area contributed by atoms with Crippen LogP contribution < -0.4 is 16.0 Å². The molecule has 1 unspecified atom stereocenters. The van der Waals surface area contributed by atoms with Crippen LogP contribution in [0, 0.1) is 0 Å². The van der Waals surface area contributed by atoms with Gasteiger partial charge in [0, 0.05) is 21.0 Å². The molecule has 0 bridgehead atoms. The lowest BCUT2D eigenvalue weighted by atomic mass is 10.1. The molecule has 0 spiro atoms. The van der Waals surface area contributed by atoms with E-state index in [0.29, 0.717) is 0 Å². The third kappa shape index (κ3) is 6.17. The van der Waals surface area contributed by atoms with Gasteiger partial charge >= 0.3 is 0 Å². The van der Waals surface area contributed by atoms with Crippen molar-refractivity contribution in [1.29, 1.82) is 0 Å². The van der Waals surface area contributed by atoms with E-state index in [1.54, 1.807) is 7.11 Å². The fraction of sp³-hybridized carbons (Fsp3) is 0.571. The minimum atomic E-state index is 0.229. The van der Waals surface area contributed by atoms with Crippen LogP contribution in [0.3, 0.4) is 0 Å². The topological polar surface area (TPSA) is 47.3 Å². The van der Waals surface area contributed by atoms with Crippen molar-refractivity contribution in [2.45, 2.75) is 38.0 Å². The highest BCUT2D eigenvalue weighted by molar-refractivity contribution is 9.10. The number of halogens is 1. The Labute approximate surface area is 128 Å². The predicted molar refractivity (Wildman–Crippen MR) is 87.7 cm³/mol. The smallest absolute Gasteiger partial charge is 0.122 e. The standard InChI is InChI=1S/C14H23BrN2OS/c1-14(2,3)19-9-12(17-16)8-10-7-11(15)5-6-13(10)18-4/h5-7,12,17H,8-9,16H2,1-4H3. The number of thioether (sulfide) groups is 1. The van der Waals surface area contributed by atoms with Crippen LogP contribution >= 0.6 is 27.7 Å². The van der Waals surface area contributed by atoms with Gasteiger partial charge in [-0.05, 0) is 30.2 Å². The summed E-state index contributed by atoms with van der Waals surface area (Å²) in [5.41, 5.74) is 4.06. The Bertz CT molecular complexity index is 407. The van der Waals surface area contributed by atoms with Gasteiger partial charge in [0.1, 0.15) is 5.75 Å². The molecule has 0 amide bonds. The summed E-state index contributed by atoms with van der Waals surface area (Å²) in [6, 6.07) is 6.28. The average Bonchev–Trinajstić information content (AvgIpc) is 2.33. The summed E-state index contributed by atoms with van der Waals surface area (Å²) in [7, 11) is 1.70. The maximum absolute atomic E-state index is 5.66. The minimum Gasteiger partial charge on any atom is -0.496 e. The maximum Gasteiger partial charge on any atom is 0.122 e. The molecule has 0 aliphatic carbocycles. The van der Waals surface area contributed by atoms with Crippen molar-refractivity contribution in [3.8, 4) is 5.75 Å². The molecule has 1 aromatic rings. The van der Waals surface area contributed by atoms with Crippen molar-refractivity contribution in [2.75, 3.05) is 12.9 Å². The molecule has 0 radical (unpaired) electrons. The highest BCUT2D eigenvalue weighted by Gasteiger charge is 2.17. The molecule has 0 aliphatic rings. The number of nitrogens with two attached hydrogens (primary N) is 1. The van der Waals surface area contributed by atoms with Gasteiger partial charge in [0.05, 0.1) is 7.11 Å². The summed E-state index contributed by atoms with van der Waals surface area (Å²) in [5, 5.41) is 0. The van der Waals surface area contributed by atoms with Crippen LogP contribution in [0.2, 0.25) is 0 Å². The Morgan fingerprint density at radius 3 is 2.63 bits per heavy atom. The fourth-order valence-electron chi connectivity index (χ4n) is 1.69. The molecule has 0 aromatic heterocycles. The summed E-state index contributed by atoms with van der Waals surface area (Å²) in [5.74, 6) is 7.54. The molecule has 1 rings (SSSR count). The van der Waals surface area contributed by atoms with Gasteiger partial charge in [-0.1, -0.05) is 36.7 Å². The number of hydrogen-bond acceptors (Lipinski definition) is 4. The van der Waals surface area contributed by atoms with Crippen LogP contribution in [-0.2, 0) is 6.42 Å². The molecular weight excluding hydrogens is 324 g/mol. The first kappa shape index (κ1) is 16.8. The second-order valence-electron chi connectivity index (χ2n) is 5.45. The molecule has 0 aliphatic heterocycles. The van der Waals surface area contributed by atoms with Gasteiger partial charge in [0.25, 0.3) is 0 Å². The third-order valence-electron chi connectivity index (χ3n) is 2.66. The molecular formula is C14H23BrN2OS. The van der Waals surface area contributed by atoms with Gasteiger partial charge in [-0.3, -0.25) is 11.3 Å². The molecule has 0 saturated carbocycles. The van der Waals surface area contributed by atoms with E-state index in [1.165, 1.54) is 0 Å². The van der Waals surface area contributed by atoms with Crippen LogP contribution in [-0.4, -0.2) is 23.7 Å².